The molecule has 5 rings (SSSR count). The van der Waals surface area contributed by atoms with Crippen molar-refractivity contribution in [1.29, 1.82) is 0 Å². The third-order valence-corrected chi connectivity index (χ3v) is 6.25. The highest BCUT2D eigenvalue weighted by molar-refractivity contribution is 5.76. The fraction of sp³-hybridized carbons (Fsp3) is 0.440. The molecule has 2 aliphatic rings. The highest BCUT2D eigenvalue weighted by atomic mass is 16.5. The number of carbonyl (C=O) groups is 1. The number of nitrogens with zero attached hydrogens (tertiary/aromatic N) is 5. The van der Waals surface area contributed by atoms with Crippen LogP contribution in [-0.4, -0.2) is 62.5 Å². The summed E-state index contributed by atoms with van der Waals surface area (Å²) in [6.45, 7) is 6.90. The van der Waals surface area contributed by atoms with E-state index in [4.69, 9.17) is 4.74 Å². The SMILES string of the molecule is CC(C)OC1CN(C(=O)NC2CCNCc3cc(-c4ccnc(Nc5cnn(C)c5)n4)ccc32)C1. The topological polar surface area (TPSA) is 109 Å². The second-order valence-electron chi connectivity index (χ2n) is 9.39. The van der Waals surface area contributed by atoms with E-state index in [0.717, 1.165) is 47.6 Å². The number of fused-ring (bicyclic) bond motifs is 1. The molecule has 0 saturated carbocycles. The quantitative estimate of drug-likeness (QED) is 0.502. The predicted molar refractivity (Wildman–Crippen MR) is 133 cm³/mol. The van der Waals surface area contributed by atoms with Crippen LogP contribution in [0.5, 0.6) is 0 Å². The van der Waals surface area contributed by atoms with Crippen molar-refractivity contribution in [2.75, 3.05) is 25.0 Å². The molecule has 4 heterocycles. The van der Waals surface area contributed by atoms with Crippen molar-refractivity contribution in [2.24, 2.45) is 7.05 Å². The van der Waals surface area contributed by atoms with Crippen LogP contribution in [0.25, 0.3) is 11.3 Å². The fourth-order valence-corrected chi connectivity index (χ4v) is 4.54. The Hall–Kier alpha value is -3.50. The number of benzene rings is 1. The van der Waals surface area contributed by atoms with E-state index < -0.39 is 0 Å². The van der Waals surface area contributed by atoms with E-state index in [-0.39, 0.29) is 24.3 Å². The molecule has 35 heavy (non-hydrogen) atoms. The molecule has 2 aliphatic heterocycles. The molecule has 10 heteroatoms. The van der Waals surface area contributed by atoms with Crippen molar-refractivity contribution < 1.29 is 9.53 Å². The number of hydrogen-bond donors (Lipinski definition) is 3. The number of amides is 2. The minimum atomic E-state index is -0.0418. The summed E-state index contributed by atoms with van der Waals surface area (Å²) in [5.41, 5.74) is 4.97. The minimum Gasteiger partial charge on any atom is -0.372 e. The van der Waals surface area contributed by atoms with Crippen LogP contribution >= 0.6 is 0 Å². The lowest BCUT2D eigenvalue weighted by molar-refractivity contribution is -0.0644. The first-order chi connectivity index (χ1) is 16.9. The third-order valence-electron chi connectivity index (χ3n) is 6.25. The molecule has 3 aromatic rings. The summed E-state index contributed by atoms with van der Waals surface area (Å²) in [5.74, 6) is 0.517. The first kappa shape index (κ1) is 23.3. The van der Waals surface area contributed by atoms with Gasteiger partial charge in [0.05, 0.1) is 48.9 Å². The number of aryl methyl sites for hydroxylation is 1. The first-order valence-corrected chi connectivity index (χ1v) is 12.1. The average Bonchev–Trinajstić information content (AvgIpc) is 3.11. The summed E-state index contributed by atoms with van der Waals surface area (Å²) < 4.78 is 7.50. The van der Waals surface area contributed by atoms with E-state index in [1.165, 1.54) is 0 Å². The predicted octanol–water partition coefficient (Wildman–Crippen LogP) is 2.97. The number of aromatic nitrogens is 4. The second kappa shape index (κ2) is 10.0. The summed E-state index contributed by atoms with van der Waals surface area (Å²) in [5, 5.41) is 14.1. The monoisotopic (exact) mass is 476 g/mol. The molecule has 1 atom stereocenters. The van der Waals surface area contributed by atoms with Crippen LogP contribution in [0.3, 0.4) is 0 Å². The summed E-state index contributed by atoms with van der Waals surface area (Å²) in [6, 6.07) is 8.16. The molecule has 1 saturated heterocycles. The first-order valence-electron chi connectivity index (χ1n) is 12.1. The van der Waals surface area contributed by atoms with Crippen molar-refractivity contribution >= 4 is 17.7 Å². The van der Waals surface area contributed by atoms with Gasteiger partial charge in [-0.1, -0.05) is 12.1 Å². The molecule has 2 amide bonds. The van der Waals surface area contributed by atoms with Crippen LogP contribution in [0.4, 0.5) is 16.4 Å². The number of anilines is 2. The van der Waals surface area contributed by atoms with Crippen molar-refractivity contribution in [2.45, 2.75) is 45.1 Å². The van der Waals surface area contributed by atoms with Gasteiger partial charge in [-0.25, -0.2) is 14.8 Å². The molecular weight excluding hydrogens is 444 g/mol. The van der Waals surface area contributed by atoms with E-state index in [2.05, 4.69) is 49.2 Å². The van der Waals surface area contributed by atoms with Crippen molar-refractivity contribution in [1.82, 2.24) is 35.3 Å². The van der Waals surface area contributed by atoms with E-state index in [1.807, 2.05) is 38.1 Å². The number of ether oxygens (including phenoxy) is 1. The molecule has 0 radical (unpaired) electrons. The molecule has 1 aromatic carbocycles. The van der Waals surface area contributed by atoms with Crippen LogP contribution in [0.2, 0.25) is 0 Å². The average molecular weight is 477 g/mol. The lowest BCUT2D eigenvalue weighted by atomic mass is 9.96. The molecule has 2 aromatic heterocycles. The molecule has 184 valence electrons. The van der Waals surface area contributed by atoms with Crippen LogP contribution in [0, 0.1) is 0 Å². The maximum Gasteiger partial charge on any atom is 0.318 e. The molecule has 0 spiro atoms. The van der Waals surface area contributed by atoms with E-state index in [0.29, 0.717) is 19.0 Å². The van der Waals surface area contributed by atoms with Gasteiger partial charge in [-0.2, -0.15) is 5.10 Å². The lowest BCUT2D eigenvalue weighted by Gasteiger charge is -2.40. The number of rotatable bonds is 6. The number of nitrogens with one attached hydrogen (secondary N) is 3. The van der Waals surface area contributed by atoms with Crippen molar-refractivity contribution in [3.63, 3.8) is 0 Å². The van der Waals surface area contributed by atoms with Crippen LogP contribution in [0.1, 0.15) is 37.4 Å². The Bertz CT molecular complexity index is 1190. The van der Waals surface area contributed by atoms with E-state index in [9.17, 15) is 4.79 Å². The fourth-order valence-electron chi connectivity index (χ4n) is 4.54. The Labute approximate surface area is 205 Å². The van der Waals surface area contributed by atoms with Crippen LogP contribution in [0.15, 0.2) is 42.9 Å². The van der Waals surface area contributed by atoms with Gasteiger partial charge in [0.15, 0.2) is 0 Å². The largest absolute Gasteiger partial charge is 0.372 e. The number of likely N-dealkylation sites (tertiary alicyclic amines) is 1. The molecule has 3 N–H and O–H groups in total. The summed E-state index contributed by atoms with van der Waals surface area (Å²) in [6.07, 6.45) is 6.50. The Morgan fingerprint density at radius 3 is 2.89 bits per heavy atom. The lowest BCUT2D eigenvalue weighted by Crippen LogP contribution is -2.58. The van der Waals surface area contributed by atoms with Gasteiger partial charge in [0.2, 0.25) is 5.95 Å². The zero-order valence-electron chi connectivity index (χ0n) is 20.4. The van der Waals surface area contributed by atoms with Gasteiger partial charge in [0.25, 0.3) is 0 Å². The molecule has 0 bridgehead atoms. The zero-order valence-corrected chi connectivity index (χ0v) is 20.4. The normalized spacial score (nSPS) is 18.1. The van der Waals surface area contributed by atoms with Gasteiger partial charge in [-0.15, -0.1) is 0 Å². The van der Waals surface area contributed by atoms with Gasteiger partial charge in [-0.3, -0.25) is 4.68 Å². The standard InChI is InChI=1S/C25H32N8O2/c1-16(2)35-20-14-33(15-20)25(34)31-23-6-8-26-11-18-10-17(4-5-21(18)23)22-7-9-27-24(30-22)29-19-12-28-32(3)13-19/h4-5,7,9-10,12-13,16,20,23,26H,6,8,11,14-15H2,1-3H3,(H,31,34)(H,27,29,30). The molecule has 0 aliphatic carbocycles. The van der Waals surface area contributed by atoms with Gasteiger partial charge < -0.3 is 25.6 Å². The Kier molecular flexibility index (Phi) is 6.65. The van der Waals surface area contributed by atoms with Crippen molar-refractivity contribution in [3.8, 4) is 11.3 Å². The smallest absolute Gasteiger partial charge is 0.318 e. The van der Waals surface area contributed by atoms with Gasteiger partial charge in [0.1, 0.15) is 0 Å². The highest BCUT2D eigenvalue weighted by Crippen LogP contribution is 2.29. The molecule has 10 nitrogen and oxygen atoms in total. The number of carbonyl (C=O) groups excluding carboxylic acids is 1. The number of urea groups is 1. The minimum absolute atomic E-state index is 0.0301. The van der Waals surface area contributed by atoms with Gasteiger partial charge >= 0.3 is 6.03 Å². The molecule has 1 fully saturated rings. The van der Waals surface area contributed by atoms with E-state index >= 15 is 0 Å². The highest BCUT2D eigenvalue weighted by Gasteiger charge is 2.33. The Balaban J connectivity index is 1.29. The van der Waals surface area contributed by atoms with Crippen LogP contribution in [-0.2, 0) is 18.3 Å². The molecule has 1 unspecified atom stereocenters. The second-order valence-corrected chi connectivity index (χ2v) is 9.39. The maximum atomic E-state index is 12.8. The Morgan fingerprint density at radius 1 is 1.26 bits per heavy atom. The van der Waals surface area contributed by atoms with Gasteiger partial charge in [-0.05, 0) is 50.1 Å². The molecular formula is C25H32N8O2. The Morgan fingerprint density at radius 2 is 2.11 bits per heavy atom. The maximum absolute atomic E-state index is 12.8. The van der Waals surface area contributed by atoms with E-state index in [1.54, 1.807) is 17.1 Å². The van der Waals surface area contributed by atoms with Crippen molar-refractivity contribution in [3.05, 3.63) is 54.0 Å². The van der Waals surface area contributed by atoms with Crippen LogP contribution < -0.4 is 16.0 Å². The summed E-state index contributed by atoms with van der Waals surface area (Å²) in [7, 11) is 1.86. The zero-order chi connectivity index (χ0) is 24.4. The number of hydrogen-bond acceptors (Lipinski definition) is 7. The summed E-state index contributed by atoms with van der Waals surface area (Å²) >= 11 is 0. The third kappa shape index (κ3) is 5.44. The van der Waals surface area contributed by atoms with Gasteiger partial charge in [0, 0.05) is 31.5 Å². The summed E-state index contributed by atoms with van der Waals surface area (Å²) in [4.78, 5) is 23.7.